The van der Waals surface area contributed by atoms with Gasteiger partial charge in [-0.2, -0.15) is 0 Å². The molecule has 1 aromatic carbocycles. The summed E-state index contributed by atoms with van der Waals surface area (Å²) in [5.74, 6) is 1.23. The second-order valence-corrected chi connectivity index (χ2v) is 10.7. The number of hydrogen-bond acceptors (Lipinski definition) is 7. The maximum absolute atomic E-state index is 13.1. The van der Waals surface area contributed by atoms with Crippen LogP contribution in [0.3, 0.4) is 0 Å². The van der Waals surface area contributed by atoms with Crippen molar-refractivity contribution in [2.24, 2.45) is 0 Å². The number of rotatable bonds is 9. The number of likely N-dealkylation sites (tertiary alicyclic amines) is 1. The van der Waals surface area contributed by atoms with Gasteiger partial charge in [0.1, 0.15) is 11.6 Å². The highest BCUT2D eigenvalue weighted by atomic mass is 16.1. The fraction of sp³-hybridized carbons (Fsp3) is 0.414. The smallest absolute Gasteiger partial charge is 0.259 e. The van der Waals surface area contributed by atoms with Gasteiger partial charge in [0.15, 0.2) is 0 Å². The first-order valence-corrected chi connectivity index (χ1v) is 13.2. The fourth-order valence-corrected chi connectivity index (χ4v) is 5.28. The largest absolute Gasteiger partial charge is 0.384 e. The fourth-order valence-electron chi connectivity index (χ4n) is 5.28. The standard InChI is InChI=1S/C29H37N7O/c1-29(2)19-34-25-17-21(8-9-24(25)29)35-28(37)23-7-4-12-32-27(23)33-18-20-10-13-30-26(16-20)31-14-11-22-6-5-15-36(22)3/h4,7-10,12-13,16-17,22,34H,5-6,11,14-15,18-19H2,1-3H3,(H,30,31)(H,32,33)(H,35,37). The Labute approximate surface area is 219 Å². The molecule has 1 unspecified atom stereocenters. The number of pyridine rings is 2. The molecular formula is C29H37N7O. The number of benzene rings is 1. The molecule has 0 spiro atoms. The van der Waals surface area contributed by atoms with Crippen molar-refractivity contribution in [3.8, 4) is 0 Å². The predicted molar refractivity (Wildman–Crippen MR) is 150 cm³/mol. The minimum Gasteiger partial charge on any atom is -0.384 e. The van der Waals surface area contributed by atoms with E-state index in [9.17, 15) is 4.79 Å². The van der Waals surface area contributed by atoms with E-state index in [0.717, 1.165) is 42.3 Å². The quantitative estimate of drug-likeness (QED) is 0.331. The van der Waals surface area contributed by atoms with Gasteiger partial charge in [0, 0.05) is 54.9 Å². The van der Waals surface area contributed by atoms with Crippen LogP contribution in [0.5, 0.6) is 0 Å². The zero-order valence-corrected chi connectivity index (χ0v) is 22.0. The first-order chi connectivity index (χ1) is 17.9. The van der Waals surface area contributed by atoms with Crippen LogP contribution in [-0.4, -0.2) is 53.5 Å². The van der Waals surface area contributed by atoms with E-state index in [2.05, 4.69) is 63.1 Å². The lowest BCUT2D eigenvalue weighted by molar-refractivity contribution is 0.102. The maximum atomic E-state index is 13.1. The molecule has 0 radical (unpaired) electrons. The van der Waals surface area contributed by atoms with Crippen LogP contribution in [-0.2, 0) is 12.0 Å². The number of nitrogens with zero attached hydrogens (tertiary/aromatic N) is 3. The molecule has 3 aromatic rings. The lowest BCUT2D eigenvalue weighted by Gasteiger charge is -2.19. The lowest BCUT2D eigenvalue weighted by Crippen LogP contribution is -2.27. The zero-order valence-electron chi connectivity index (χ0n) is 22.0. The molecule has 8 nitrogen and oxygen atoms in total. The average Bonchev–Trinajstić information content (AvgIpc) is 3.44. The summed E-state index contributed by atoms with van der Waals surface area (Å²) >= 11 is 0. The molecule has 8 heteroatoms. The van der Waals surface area contributed by atoms with Gasteiger partial charge in [-0.25, -0.2) is 9.97 Å². The minimum atomic E-state index is -0.193. The number of nitrogens with one attached hydrogen (secondary N) is 4. The van der Waals surface area contributed by atoms with Crippen LogP contribution in [0.2, 0.25) is 0 Å². The molecule has 2 aliphatic rings. The maximum Gasteiger partial charge on any atom is 0.259 e. The monoisotopic (exact) mass is 499 g/mol. The van der Waals surface area contributed by atoms with E-state index >= 15 is 0 Å². The molecule has 5 rings (SSSR count). The predicted octanol–water partition coefficient (Wildman–Crippen LogP) is 4.94. The van der Waals surface area contributed by atoms with E-state index in [4.69, 9.17) is 0 Å². The van der Waals surface area contributed by atoms with Crippen LogP contribution in [0.1, 0.15) is 54.6 Å². The Balaban J connectivity index is 1.19. The molecule has 1 fully saturated rings. The second kappa shape index (κ2) is 10.8. The first-order valence-electron chi connectivity index (χ1n) is 13.2. The SMILES string of the molecule is CN1CCCC1CCNc1cc(CNc2ncccc2C(=O)Nc2ccc3c(c2)NCC3(C)C)ccn1. The van der Waals surface area contributed by atoms with Crippen molar-refractivity contribution in [3.05, 3.63) is 71.5 Å². The lowest BCUT2D eigenvalue weighted by atomic mass is 9.87. The highest BCUT2D eigenvalue weighted by Gasteiger charge is 2.29. The summed E-state index contributed by atoms with van der Waals surface area (Å²) in [6, 6.07) is 14.3. The van der Waals surface area contributed by atoms with Crippen molar-refractivity contribution >= 4 is 28.9 Å². The third kappa shape index (κ3) is 5.85. The molecule has 0 aliphatic carbocycles. The third-order valence-corrected chi connectivity index (χ3v) is 7.52. The highest BCUT2D eigenvalue weighted by molar-refractivity contribution is 6.07. The number of carbonyl (C=O) groups is 1. The number of aromatic nitrogens is 2. The minimum absolute atomic E-state index is 0.0906. The average molecular weight is 500 g/mol. The van der Waals surface area contributed by atoms with Crippen molar-refractivity contribution in [3.63, 3.8) is 0 Å². The van der Waals surface area contributed by atoms with Gasteiger partial charge >= 0.3 is 0 Å². The van der Waals surface area contributed by atoms with Crippen LogP contribution < -0.4 is 21.3 Å². The summed E-state index contributed by atoms with van der Waals surface area (Å²) in [6.07, 6.45) is 7.19. The normalized spacial score (nSPS) is 18.2. The van der Waals surface area contributed by atoms with Gasteiger partial charge in [-0.1, -0.05) is 19.9 Å². The zero-order chi connectivity index (χ0) is 25.8. The number of anilines is 4. The Hall–Kier alpha value is -3.65. The van der Waals surface area contributed by atoms with E-state index < -0.39 is 0 Å². The summed E-state index contributed by atoms with van der Waals surface area (Å²) in [6.45, 7) is 7.96. The Morgan fingerprint density at radius 2 is 2.03 bits per heavy atom. The molecule has 1 amide bonds. The number of carbonyl (C=O) groups excluding carboxylic acids is 1. The van der Waals surface area contributed by atoms with Gasteiger partial charge in [-0.3, -0.25) is 4.79 Å². The van der Waals surface area contributed by atoms with Gasteiger partial charge < -0.3 is 26.2 Å². The molecule has 4 heterocycles. The Morgan fingerprint density at radius 1 is 1.14 bits per heavy atom. The Kier molecular flexibility index (Phi) is 7.28. The van der Waals surface area contributed by atoms with Crippen molar-refractivity contribution in [1.82, 2.24) is 14.9 Å². The second-order valence-electron chi connectivity index (χ2n) is 10.7. The first kappa shape index (κ1) is 25.0. The highest BCUT2D eigenvalue weighted by Crippen LogP contribution is 2.37. The van der Waals surface area contributed by atoms with E-state index in [1.54, 1.807) is 18.3 Å². The molecule has 1 atom stereocenters. The number of hydrogen-bond donors (Lipinski definition) is 4. The van der Waals surface area contributed by atoms with Crippen LogP contribution in [0.15, 0.2) is 54.9 Å². The molecule has 4 N–H and O–H groups in total. The van der Waals surface area contributed by atoms with Gasteiger partial charge in [0.25, 0.3) is 5.91 Å². The molecule has 0 bridgehead atoms. The van der Waals surface area contributed by atoms with E-state index in [0.29, 0.717) is 24.0 Å². The third-order valence-electron chi connectivity index (χ3n) is 7.52. The molecule has 194 valence electrons. The Bertz CT molecular complexity index is 1260. The van der Waals surface area contributed by atoms with Gasteiger partial charge in [0.2, 0.25) is 0 Å². The van der Waals surface area contributed by atoms with Crippen molar-refractivity contribution in [2.75, 3.05) is 47.9 Å². The molecule has 2 aromatic heterocycles. The van der Waals surface area contributed by atoms with Crippen molar-refractivity contribution in [2.45, 2.75) is 51.1 Å². The van der Waals surface area contributed by atoms with Crippen LogP contribution in [0.4, 0.5) is 23.0 Å². The molecule has 2 aliphatic heterocycles. The summed E-state index contributed by atoms with van der Waals surface area (Å²) in [5.41, 5.74) is 4.77. The van der Waals surface area contributed by atoms with Gasteiger partial charge in [-0.05, 0) is 80.4 Å². The number of fused-ring (bicyclic) bond motifs is 1. The van der Waals surface area contributed by atoms with Gasteiger partial charge in [-0.15, -0.1) is 0 Å². The van der Waals surface area contributed by atoms with Crippen LogP contribution >= 0.6 is 0 Å². The van der Waals surface area contributed by atoms with E-state index in [1.165, 1.54) is 24.9 Å². The van der Waals surface area contributed by atoms with Crippen LogP contribution in [0.25, 0.3) is 0 Å². The number of amides is 1. The Morgan fingerprint density at radius 3 is 2.86 bits per heavy atom. The van der Waals surface area contributed by atoms with Crippen molar-refractivity contribution < 1.29 is 4.79 Å². The van der Waals surface area contributed by atoms with Gasteiger partial charge in [0.05, 0.1) is 5.56 Å². The van der Waals surface area contributed by atoms with Crippen LogP contribution in [0, 0.1) is 0 Å². The summed E-state index contributed by atoms with van der Waals surface area (Å²) in [4.78, 5) is 24.5. The molecule has 0 saturated carbocycles. The summed E-state index contributed by atoms with van der Waals surface area (Å²) in [7, 11) is 2.21. The molecule has 37 heavy (non-hydrogen) atoms. The van der Waals surface area contributed by atoms with E-state index in [1.807, 2.05) is 30.5 Å². The summed E-state index contributed by atoms with van der Waals surface area (Å²) < 4.78 is 0. The molecular weight excluding hydrogens is 462 g/mol. The topological polar surface area (TPSA) is 94.2 Å². The van der Waals surface area contributed by atoms with E-state index in [-0.39, 0.29) is 11.3 Å². The molecule has 1 saturated heterocycles. The summed E-state index contributed by atoms with van der Waals surface area (Å²) in [5, 5.41) is 13.3. The van der Waals surface area contributed by atoms with Crippen molar-refractivity contribution in [1.29, 1.82) is 0 Å².